The lowest BCUT2D eigenvalue weighted by molar-refractivity contribution is 0.0226. The summed E-state index contributed by atoms with van der Waals surface area (Å²) < 4.78 is 5.51. The van der Waals surface area contributed by atoms with E-state index >= 15 is 0 Å². The molecule has 0 spiro atoms. The summed E-state index contributed by atoms with van der Waals surface area (Å²) in [5, 5.41) is 3.60. The standard InChI is InChI=1S/C17H32N2O2/c1-13-7-5-8-14(13)11-18-12-15-9-6-10-19(15)16(20)21-17(2,3)4/h13-15,18H,5-12H2,1-4H3. The van der Waals surface area contributed by atoms with Gasteiger partial charge in [0, 0.05) is 19.1 Å². The van der Waals surface area contributed by atoms with Crippen molar-refractivity contribution in [3.63, 3.8) is 0 Å². The van der Waals surface area contributed by atoms with Gasteiger partial charge >= 0.3 is 6.09 Å². The van der Waals surface area contributed by atoms with Crippen LogP contribution in [0.3, 0.4) is 0 Å². The molecule has 0 aromatic carbocycles. The third-order valence-corrected chi connectivity index (χ3v) is 4.83. The largest absolute Gasteiger partial charge is 0.444 e. The summed E-state index contributed by atoms with van der Waals surface area (Å²) in [4.78, 5) is 14.1. The average molecular weight is 296 g/mol. The molecule has 3 atom stereocenters. The Bertz CT molecular complexity index is 351. The maximum atomic E-state index is 12.2. The van der Waals surface area contributed by atoms with Crippen molar-refractivity contribution in [1.82, 2.24) is 10.2 Å². The summed E-state index contributed by atoms with van der Waals surface area (Å²) in [6.45, 7) is 11.0. The number of rotatable bonds is 4. The molecule has 1 aliphatic carbocycles. The van der Waals surface area contributed by atoms with Crippen LogP contribution in [-0.2, 0) is 4.74 Å². The first-order valence-electron chi connectivity index (χ1n) is 8.57. The van der Waals surface area contributed by atoms with Crippen LogP contribution in [0.15, 0.2) is 0 Å². The third-order valence-electron chi connectivity index (χ3n) is 4.83. The molecule has 3 unspecified atom stereocenters. The van der Waals surface area contributed by atoms with Crippen LogP contribution in [0.25, 0.3) is 0 Å². The van der Waals surface area contributed by atoms with Crippen LogP contribution in [-0.4, -0.2) is 42.3 Å². The van der Waals surface area contributed by atoms with Crippen molar-refractivity contribution in [3.8, 4) is 0 Å². The maximum absolute atomic E-state index is 12.2. The topological polar surface area (TPSA) is 41.6 Å². The van der Waals surface area contributed by atoms with Crippen LogP contribution in [0, 0.1) is 11.8 Å². The normalized spacial score (nSPS) is 29.9. The van der Waals surface area contributed by atoms with E-state index in [0.29, 0.717) is 6.04 Å². The van der Waals surface area contributed by atoms with Gasteiger partial charge in [-0.1, -0.05) is 19.8 Å². The fourth-order valence-electron chi connectivity index (χ4n) is 3.57. The molecular weight excluding hydrogens is 264 g/mol. The minimum Gasteiger partial charge on any atom is -0.444 e. The number of carbonyl (C=O) groups is 1. The van der Waals surface area contributed by atoms with Crippen molar-refractivity contribution in [2.75, 3.05) is 19.6 Å². The predicted octanol–water partition coefficient (Wildman–Crippen LogP) is 3.41. The van der Waals surface area contributed by atoms with Gasteiger partial charge in [-0.3, -0.25) is 0 Å². The lowest BCUT2D eigenvalue weighted by Crippen LogP contribution is -2.44. The smallest absolute Gasteiger partial charge is 0.410 e. The molecule has 1 aliphatic heterocycles. The fourth-order valence-corrected chi connectivity index (χ4v) is 3.57. The van der Waals surface area contributed by atoms with Gasteiger partial charge in [0.1, 0.15) is 5.60 Å². The lowest BCUT2D eigenvalue weighted by Gasteiger charge is -2.29. The van der Waals surface area contributed by atoms with E-state index in [9.17, 15) is 4.79 Å². The van der Waals surface area contributed by atoms with E-state index in [-0.39, 0.29) is 6.09 Å². The number of hydrogen-bond donors (Lipinski definition) is 1. The zero-order valence-corrected chi connectivity index (χ0v) is 14.2. The number of nitrogens with zero attached hydrogens (tertiary/aromatic N) is 1. The van der Waals surface area contributed by atoms with Gasteiger partial charge in [0.25, 0.3) is 0 Å². The second-order valence-corrected chi connectivity index (χ2v) is 7.80. The van der Waals surface area contributed by atoms with Crippen LogP contribution in [0.2, 0.25) is 0 Å². The Morgan fingerprint density at radius 3 is 2.57 bits per heavy atom. The molecule has 4 nitrogen and oxygen atoms in total. The molecule has 1 amide bonds. The molecule has 122 valence electrons. The molecule has 1 heterocycles. The van der Waals surface area contributed by atoms with Gasteiger partial charge in [-0.2, -0.15) is 0 Å². The fraction of sp³-hybridized carbons (Fsp3) is 0.941. The second-order valence-electron chi connectivity index (χ2n) is 7.80. The Morgan fingerprint density at radius 2 is 1.95 bits per heavy atom. The Labute approximate surface area is 129 Å². The minimum absolute atomic E-state index is 0.152. The monoisotopic (exact) mass is 296 g/mol. The zero-order chi connectivity index (χ0) is 15.5. The first-order chi connectivity index (χ1) is 9.87. The Kier molecular flexibility index (Phi) is 5.53. The highest BCUT2D eigenvalue weighted by Crippen LogP contribution is 2.30. The van der Waals surface area contributed by atoms with Crippen molar-refractivity contribution in [1.29, 1.82) is 0 Å². The first-order valence-corrected chi connectivity index (χ1v) is 8.57. The summed E-state index contributed by atoms with van der Waals surface area (Å²) in [5.41, 5.74) is -0.406. The molecule has 2 aliphatic rings. The highest BCUT2D eigenvalue weighted by molar-refractivity contribution is 5.69. The molecule has 1 saturated heterocycles. The summed E-state index contributed by atoms with van der Waals surface area (Å²) in [6.07, 6.45) is 6.13. The average Bonchev–Trinajstić information content (AvgIpc) is 2.97. The van der Waals surface area contributed by atoms with E-state index in [1.807, 2.05) is 25.7 Å². The third kappa shape index (κ3) is 4.87. The van der Waals surface area contributed by atoms with E-state index < -0.39 is 5.60 Å². The number of hydrogen-bond acceptors (Lipinski definition) is 3. The van der Waals surface area contributed by atoms with Crippen LogP contribution >= 0.6 is 0 Å². The SMILES string of the molecule is CC1CCCC1CNCC1CCCN1C(=O)OC(C)(C)C. The van der Waals surface area contributed by atoms with E-state index in [0.717, 1.165) is 44.3 Å². The Balaban J connectivity index is 1.75. The molecule has 2 fully saturated rings. The molecule has 21 heavy (non-hydrogen) atoms. The number of carbonyl (C=O) groups excluding carboxylic acids is 1. The van der Waals surface area contributed by atoms with Crippen molar-refractivity contribution < 1.29 is 9.53 Å². The van der Waals surface area contributed by atoms with Gasteiger partial charge < -0.3 is 15.0 Å². The highest BCUT2D eigenvalue weighted by Gasteiger charge is 2.32. The number of nitrogens with one attached hydrogen (secondary N) is 1. The highest BCUT2D eigenvalue weighted by atomic mass is 16.6. The van der Waals surface area contributed by atoms with E-state index in [2.05, 4.69) is 12.2 Å². The molecule has 0 aromatic heterocycles. The second kappa shape index (κ2) is 6.99. The van der Waals surface area contributed by atoms with Gasteiger partial charge in [0.2, 0.25) is 0 Å². The number of ether oxygens (including phenoxy) is 1. The van der Waals surface area contributed by atoms with Crippen molar-refractivity contribution in [2.24, 2.45) is 11.8 Å². The van der Waals surface area contributed by atoms with Gasteiger partial charge in [-0.15, -0.1) is 0 Å². The van der Waals surface area contributed by atoms with Crippen LogP contribution in [0.5, 0.6) is 0 Å². The molecule has 2 rings (SSSR count). The van der Waals surface area contributed by atoms with E-state index in [4.69, 9.17) is 4.74 Å². The van der Waals surface area contributed by atoms with Crippen molar-refractivity contribution in [2.45, 2.75) is 71.4 Å². The molecule has 0 aromatic rings. The lowest BCUT2D eigenvalue weighted by atomic mass is 9.98. The Hall–Kier alpha value is -0.770. The van der Waals surface area contributed by atoms with E-state index in [1.54, 1.807) is 0 Å². The van der Waals surface area contributed by atoms with Gasteiger partial charge in [-0.05, 0) is 58.4 Å². The molecule has 0 radical (unpaired) electrons. The van der Waals surface area contributed by atoms with Gasteiger partial charge in [0.15, 0.2) is 0 Å². The quantitative estimate of drug-likeness (QED) is 0.864. The van der Waals surface area contributed by atoms with Crippen LogP contribution in [0.1, 0.15) is 59.8 Å². The number of likely N-dealkylation sites (tertiary alicyclic amines) is 1. The molecule has 1 saturated carbocycles. The van der Waals surface area contributed by atoms with Crippen molar-refractivity contribution in [3.05, 3.63) is 0 Å². The van der Waals surface area contributed by atoms with Crippen molar-refractivity contribution >= 4 is 6.09 Å². The van der Waals surface area contributed by atoms with Crippen LogP contribution in [0.4, 0.5) is 4.79 Å². The number of amides is 1. The van der Waals surface area contributed by atoms with E-state index in [1.165, 1.54) is 19.3 Å². The molecule has 4 heteroatoms. The summed E-state index contributed by atoms with van der Waals surface area (Å²) in [7, 11) is 0. The first kappa shape index (κ1) is 16.6. The molecule has 1 N–H and O–H groups in total. The minimum atomic E-state index is -0.406. The summed E-state index contributed by atoms with van der Waals surface area (Å²) in [6, 6.07) is 0.302. The predicted molar refractivity (Wildman–Crippen MR) is 85.3 cm³/mol. The Morgan fingerprint density at radius 1 is 1.19 bits per heavy atom. The molecular formula is C17H32N2O2. The summed E-state index contributed by atoms with van der Waals surface area (Å²) >= 11 is 0. The van der Waals surface area contributed by atoms with Crippen LogP contribution < -0.4 is 5.32 Å². The summed E-state index contributed by atoms with van der Waals surface area (Å²) in [5.74, 6) is 1.67. The molecule has 0 bridgehead atoms. The van der Waals surface area contributed by atoms with Gasteiger partial charge in [-0.25, -0.2) is 4.79 Å². The maximum Gasteiger partial charge on any atom is 0.410 e. The van der Waals surface area contributed by atoms with Gasteiger partial charge in [0.05, 0.1) is 0 Å². The zero-order valence-electron chi connectivity index (χ0n) is 14.2.